The highest BCUT2D eigenvalue weighted by molar-refractivity contribution is 7.48. The lowest BCUT2D eigenvalue weighted by Crippen LogP contribution is -2.43. The third kappa shape index (κ3) is 7.51. The first kappa shape index (κ1) is 20.5. The zero-order valence-corrected chi connectivity index (χ0v) is 13.8. The van der Waals surface area contributed by atoms with Crippen molar-refractivity contribution in [2.24, 2.45) is 0 Å². The predicted molar refractivity (Wildman–Crippen MR) is 80.3 cm³/mol. The van der Waals surface area contributed by atoms with Gasteiger partial charge in [0.15, 0.2) is 6.04 Å². The summed E-state index contributed by atoms with van der Waals surface area (Å²) in [6.45, 7) is 4.87. The van der Waals surface area contributed by atoms with Crippen molar-refractivity contribution in [3.05, 3.63) is 24.3 Å². The van der Waals surface area contributed by atoms with Gasteiger partial charge in [-0.15, -0.1) is 0 Å². The molecule has 2 N–H and O–H groups in total. The van der Waals surface area contributed by atoms with Gasteiger partial charge in [-0.3, -0.25) is 18.4 Å². The molecule has 1 atom stereocenters. The van der Waals surface area contributed by atoms with E-state index in [0.717, 1.165) is 19.8 Å². The highest BCUT2D eigenvalue weighted by atomic mass is 31.2. The second kappa shape index (κ2) is 10.3. The van der Waals surface area contributed by atoms with Gasteiger partial charge in [0.2, 0.25) is 5.91 Å². The summed E-state index contributed by atoms with van der Waals surface area (Å²) in [5, 5.41) is 11.3. The SMILES string of the molecule is C=C/C(=C\C)CCC(=O)NC(COP(=O)(OC)OC)C(=O)O. The monoisotopic (exact) mass is 335 g/mol. The Labute approximate surface area is 129 Å². The van der Waals surface area contributed by atoms with Gasteiger partial charge in [-0.1, -0.05) is 24.3 Å². The van der Waals surface area contributed by atoms with E-state index in [4.69, 9.17) is 9.63 Å². The van der Waals surface area contributed by atoms with Gasteiger partial charge < -0.3 is 10.4 Å². The summed E-state index contributed by atoms with van der Waals surface area (Å²) >= 11 is 0. The minimum Gasteiger partial charge on any atom is -0.480 e. The number of phosphoric acid groups is 1. The highest BCUT2D eigenvalue weighted by Gasteiger charge is 2.28. The molecule has 8 nitrogen and oxygen atoms in total. The van der Waals surface area contributed by atoms with Crippen LogP contribution < -0.4 is 5.32 Å². The zero-order chi connectivity index (χ0) is 17.2. The highest BCUT2D eigenvalue weighted by Crippen LogP contribution is 2.47. The third-order valence-electron chi connectivity index (χ3n) is 2.75. The maximum absolute atomic E-state index is 11.7. The van der Waals surface area contributed by atoms with Gasteiger partial charge in [-0.2, -0.15) is 0 Å². The fourth-order valence-corrected chi connectivity index (χ4v) is 2.10. The summed E-state index contributed by atoms with van der Waals surface area (Å²) in [6, 6.07) is -1.36. The second-order valence-corrected chi connectivity index (χ2v) is 6.02. The van der Waals surface area contributed by atoms with Gasteiger partial charge in [0, 0.05) is 20.6 Å². The fraction of sp³-hybridized carbons (Fsp3) is 0.538. The third-order valence-corrected chi connectivity index (χ3v) is 4.11. The van der Waals surface area contributed by atoms with E-state index >= 15 is 0 Å². The molecule has 0 spiro atoms. The van der Waals surface area contributed by atoms with E-state index in [1.54, 1.807) is 6.08 Å². The Morgan fingerprint density at radius 2 is 1.91 bits per heavy atom. The largest absolute Gasteiger partial charge is 0.480 e. The Kier molecular flexibility index (Phi) is 9.60. The maximum atomic E-state index is 11.7. The molecule has 22 heavy (non-hydrogen) atoms. The molecule has 0 heterocycles. The lowest BCUT2D eigenvalue weighted by Gasteiger charge is -2.18. The normalized spacial score (nSPS) is 13.5. The maximum Gasteiger partial charge on any atom is 0.474 e. The number of carbonyl (C=O) groups excluding carboxylic acids is 1. The van der Waals surface area contributed by atoms with Crippen LogP contribution in [0.15, 0.2) is 24.3 Å². The van der Waals surface area contributed by atoms with E-state index in [2.05, 4.69) is 20.9 Å². The average molecular weight is 335 g/mol. The molecule has 0 aliphatic rings. The van der Waals surface area contributed by atoms with Crippen molar-refractivity contribution in [3.8, 4) is 0 Å². The standard InChI is InChI=1S/C13H22NO7P/c1-5-10(6-2)7-8-12(15)14-11(13(16)17)9-21-22(18,19-3)20-4/h5-6,11H,1,7-9H2,2-4H3,(H,14,15)(H,16,17)/b10-6+. The number of nitrogens with one attached hydrogen (secondary N) is 1. The van der Waals surface area contributed by atoms with Crippen LogP contribution in [0.4, 0.5) is 0 Å². The van der Waals surface area contributed by atoms with Crippen molar-refractivity contribution in [1.82, 2.24) is 5.32 Å². The van der Waals surface area contributed by atoms with Crippen molar-refractivity contribution >= 4 is 19.7 Å². The Balaban J connectivity index is 4.53. The van der Waals surface area contributed by atoms with Crippen molar-refractivity contribution in [2.45, 2.75) is 25.8 Å². The molecule has 126 valence electrons. The molecule has 0 aromatic carbocycles. The topological polar surface area (TPSA) is 111 Å². The van der Waals surface area contributed by atoms with Crippen LogP contribution in [0.5, 0.6) is 0 Å². The van der Waals surface area contributed by atoms with Crippen LogP contribution in [0.1, 0.15) is 19.8 Å². The van der Waals surface area contributed by atoms with Crippen LogP contribution >= 0.6 is 7.82 Å². The van der Waals surface area contributed by atoms with Gasteiger partial charge in [-0.25, -0.2) is 9.36 Å². The molecule has 0 rings (SSSR count). The van der Waals surface area contributed by atoms with E-state index in [9.17, 15) is 14.2 Å². The van der Waals surface area contributed by atoms with E-state index in [0.29, 0.717) is 6.42 Å². The smallest absolute Gasteiger partial charge is 0.474 e. The molecule has 0 saturated carbocycles. The lowest BCUT2D eigenvalue weighted by molar-refractivity contribution is -0.142. The average Bonchev–Trinajstić information content (AvgIpc) is 2.51. The van der Waals surface area contributed by atoms with Gasteiger partial charge in [0.1, 0.15) is 0 Å². The van der Waals surface area contributed by atoms with Crippen molar-refractivity contribution < 1.29 is 32.8 Å². The molecule has 0 saturated heterocycles. The molecule has 0 aliphatic carbocycles. The minimum absolute atomic E-state index is 0.0989. The number of carboxylic acid groups (broad SMARTS) is 1. The minimum atomic E-state index is -3.80. The van der Waals surface area contributed by atoms with Gasteiger partial charge >= 0.3 is 13.8 Å². The number of hydrogen-bond donors (Lipinski definition) is 2. The lowest BCUT2D eigenvalue weighted by atomic mass is 10.1. The number of hydrogen-bond acceptors (Lipinski definition) is 6. The van der Waals surface area contributed by atoms with E-state index in [1.165, 1.54) is 0 Å². The molecule has 1 unspecified atom stereocenters. The molecule has 0 bridgehead atoms. The summed E-state index contributed by atoms with van der Waals surface area (Å²) in [5.74, 6) is -1.79. The van der Waals surface area contributed by atoms with Crippen LogP contribution in [-0.4, -0.2) is 43.9 Å². The van der Waals surface area contributed by atoms with E-state index < -0.39 is 32.3 Å². The molecule has 9 heteroatoms. The van der Waals surface area contributed by atoms with Crippen LogP contribution in [0.25, 0.3) is 0 Å². The van der Waals surface area contributed by atoms with Crippen molar-refractivity contribution in [2.75, 3.05) is 20.8 Å². The van der Waals surface area contributed by atoms with E-state index in [1.807, 2.05) is 13.0 Å². The first-order valence-corrected chi connectivity index (χ1v) is 7.93. The number of amides is 1. The number of phosphoric ester groups is 1. The zero-order valence-electron chi connectivity index (χ0n) is 12.9. The molecule has 0 aromatic rings. The van der Waals surface area contributed by atoms with Crippen molar-refractivity contribution in [1.29, 1.82) is 0 Å². The molecular formula is C13H22NO7P. The predicted octanol–water partition coefficient (Wildman–Crippen LogP) is 1.89. The number of carbonyl (C=O) groups is 2. The van der Waals surface area contributed by atoms with Crippen molar-refractivity contribution in [3.63, 3.8) is 0 Å². The van der Waals surface area contributed by atoms with Gasteiger partial charge in [-0.05, 0) is 13.3 Å². The Morgan fingerprint density at radius 3 is 2.32 bits per heavy atom. The number of rotatable bonds is 11. The van der Waals surface area contributed by atoms with Gasteiger partial charge in [0.05, 0.1) is 6.61 Å². The first-order chi connectivity index (χ1) is 10.3. The Bertz CT molecular complexity index is 467. The fourth-order valence-electron chi connectivity index (χ4n) is 1.41. The summed E-state index contributed by atoms with van der Waals surface area (Å²) < 4.78 is 25.5. The first-order valence-electron chi connectivity index (χ1n) is 6.47. The second-order valence-electron chi connectivity index (χ2n) is 4.13. The summed E-state index contributed by atoms with van der Waals surface area (Å²) in [7, 11) is -1.59. The molecule has 0 aliphatic heterocycles. The molecule has 0 aromatic heterocycles. The number of carboxylic acids is 1. The van der Waals surface area contributed by atoms with Crippen LogP contribution in [0, 0.1) is 0 Å². The van der Waals surface area contributed by atoms with Gasteiger partial charge in [0.25, 0.3) is 0 Å². The van der Waals surface area contributed by atoms with Crippen LogP contribution in [-0.2, 0) is 27.7 Å². The summed E-state index contributed by atoms with van der Waals surface area (Å²) in [6.07, 6.45) is 3.97. The quantitative estimate of drug-likeness (QED) is 0.438. The summed E-state index contributed by atoms with van der Waals surface area (Å²) in [4.78, 5) is 22.8. The molecule has 0 fully saturated rings. The number of allylic oxidation sites excluding steroid dienone is 3. The van der Waals surface area contributed by atoms with Crippen LogP contribution in [0.3, 0.4) is 0 Å². The molecular weight excluding hydrogens is 313 g/mol. The molecule has 1 amide bonds. The van der Waals surface area contributed by atoms with E-state index in [-0.39, 0.29) is 6.42 Å². The Hall–Kier alpha value is -1.47. The Morgan fingerprint density at radius 1 is 1.32 bits per heavy atom. The molecule has 0 radical (unpaired) electrons. The summed E-state index contributed by atoms with van der Waals surface area (Å²) in [5.41, 5.74) is 0.876. The number of aliphatic carboxylic acids is 1. The van der Waals surface area contributed by atoms with Crippen LogP contribution in [0.2, 0.25) is 0 Å².